The fraction of sp³-hybridized carbons (Fsp3) is 0.913. The lowest BCUT2D eigenvalue weighted by Crippen LogP contribution is -2.55. The monoisotopic (exact) mass is 344 g/mol. The van der Waals surface area contributed by atoms with Crippen LogP contribution in [0.25, 0.3) is 0 Å². The molecule has 0 amide bonds. The van der Waals surface area contributed by atoms with Crippen molar-refractivity contribution in [3.8, 4) is 0 Å². The minimum atomic E-state index is 0.302. The summed E-state index contributed by atoms with van der Waals surface area (Å²) in [6.07, 6.45) is 12.7. The van der Waals surface area contributed by atoms with E-state index >= 15 is 0 Å². The molecule has 1 spiro atoms. The summed E-state index contributed by atoms with van der Waals surface area (Å²) in [6, 6.07) is 0. The second-order valence-corrected chi connectivity index (χ2v) is 10.7. The van der Waals surface area contributed by atoms with Gasteiger partial charge in [-0.15, -0.1) is 0 Å². The first kappa shape index (κ1) is 16.8. The third kappa shape index (κ3) is 1.79. The van der Waals surface area contributed by atoms with Gasteiger partial charge in [-0.3, -0.25) is 0 Å². The first-order chi connectivity index (χ1) is 11.9. The number of hydrogen-bond donors (Lipinski definition) is 1. The van der Waals surface area contributed by atoms with Gasteiger partial charge in [-0.25, -0.2) is 0 Å². The molecule has 5 aliphatic carbocycles. The van der Waals surface area contributed by atoms with Crippen molar-refractivity contribution in [2.24, 2.45) is 45.8 Å². The Hall–Kier alpha value is -0.340. The molecule has 1 N–H and O–H groups in total. The zero-order valence-electron chi connectivity index (χ0n) is 16.6. The predicted octanol–water partition coefficient (Wildman–Crippen LogP) is 4.82. The molecule has 2 heteroatoms. The van der Waals surface area contributed by atoms with E-state index in [0.717, 1.165) is 23.7 Å². The topological polar surface area (TPSA) is 29.5 Å². The maximum absolute atomic E-state index is 9.75. The molecule has 25 heavy (non-hydrogen) atoms. The molecule has 0 aromatic carbocycles. The quantitative estimate of drug-likeness (QED) is 0.744. The van der Waals surface area contributed by atoms with Crippen LogP contribution in [0.2, 0.25) is 0 Å². The SMILES string of the molecule is COC1C[C@H]2CC23CC[C@H]2[C@@H]4CC=C([C@H](C)CO)[C@@]4(C)CC[C@@H]2[C@@]13C. The normalized spacial score (nSPS) is 57.2. The highest BCUT2D eigenvalue weighted by Gasteiger charge is 2.77. The van der Waals surface area contributed by atoms with E-state index in [1.165, 1.54) is 44.9 Å². The molecule has 5 rings (SSSR count). The zero-order valence-corrected chi connectivity index (χ0v) is 16.6. The van der Waals surface area contributed by atoms with Gasteiger partial charge >= 0.3 is 0 Å². The Balaban J connectivity index is 1.48. The van der Waals surface area contributed by atoms with Gasteiger partial charge in [-0.05, 0) is 79.4 Å². The lowest BCUT2D eigenvalue weighted by atomic mass is 9.45. The second-order valence-electron chi connectivity index (χ2n) is 10.7. The van der Waals surface area contributed by atoms with Crippen LogP contribution < -0.4 is 0 Å². The number of methoxy groups -OCH3 is 1. The van der Waals surface area contributed by atoms with Crippen LogP contribution in [-0.2, 0) is 4.74 Å². The molecule has 0 aliphatic heterocycles. The first-order valence-corrected chi connectivity index (χ1v) is 10.8. The van der Waals surface area contributed by atoms with Crippen molar-refractivity contribution in [2.75, 3.05) is 13.7 Å². The van der Waals surface area contributed by atoms with E-state index in [4.69, 9.17) is 4.74 Å². The molecule has 0 aromatic heterocycles. The number of aliphatic hydroxyl groups excluding tert-OH is 1. The average molecular weight is 345 g/mol. The van der Waals surface area contributed by atoms with Gasteiger partial charge in [0, 0.05) is 25.0 Å². The summed E-state index contributed by atoms with van der Waals surface area (Å²) < 4.78 is 6.10. The fourth-order valence-corrected chi connectivity index (χ4v) is 9.02. The van der Waals surface area contributed by atoms with Crippen molar-refractivity contribution >= 4 is 0 Å². The van der Waals surface area contributed by atoms with Gasteiger partial charge in [-0.1, -0.05) is 32.4 Å². The van der Waals surface area contributed by atoms with E-state index in [9.17, 15) is 5.11 Å². The van der Waals surface area contributed by atoms with E-state index in [2.05, 4.69) is 26.8 Å². The van der Waals surface area contributed by atoms with Gasteiger partial charge in [0.1, 0.15) is 0 Å². The van der Waals surface area contributed by atoms with Crippen molar-refractivity contribution < 1.29 is 9.84 Å². The molecule has 4 fully saturated rings. The maximum Gasteiger partial charge on any atom is 0.0635 e. The molecule has 2 unspecified atom stereocenters. The van der Waals surface area contributed by atoms with Gasteiger partial charge in [0.05, 0.1) is 6.10 Å². The van der Waals surface area contributed by atoms with Crippen molar-refractivity contribution in [3.63, 3.8) is 0 Å². The third-order valence-corrected chi connectivity index (χ3v) is 10.3. The van der Waals surface area contributed by atoms with E-state index in [0.29, 0.717) is 34.9 Å². The zero-order chi connectivity index (χ0) is 17.6. The lowest BCUT2D eigenvalue weighted by Gasteiger charge is -2.60. The molecule has 0 aromatic rings. The number of hydrogen-bond acceptors (Lipinski definition) is 2. The van der Waals surface area contributed by atoms with Crippen molar-refractivity contribution in [3.05, 3.63) is 11.6 Å². The lowest BCUT2D eigenvalue weighted by molar-refractivity contribution is -0.141. The summed E-state index contributed by atoms with van der Waals surface area (Å²) in [5.41, 5.74) is 2.97. The highest BCUT2D eigenvalue weighted by Crippen LogP contribution is 2.81. The number of fused-ring (bicyclic) bond motifs is 4. The summed E-state index contributed by atoms with van der Waals surface area (Å²) in [5.74, 6) is 3.83. The van der Waals surface area contributed by atoms with Crippen LogP contribution in [-0.4, -0.2) is 24.9 Å². The molecular formula is C23H36O2. The van der Waals surface area contributed by atoms with Crippen molar-refractivity contribution in [1.82, 2.24) is 0 Å². The Labute approximate surface area is 153 Å². The van der Waals surface area contributed by atoms with E-state index in [1.807, 2.05) is 7.11 Å². The molecule has 2 nitrogen and oxygen atoms in total. The fourth-order valence-electron chi connectivity index (χ4n) is 9.02. The van der Waals surface area contributed by atoms with Gasteiger partial charge in [0.2, 0.25) is 0 Å². The number of aliphatic hydroxyl groups is 1. The largest absolute Gasteiger partial charge is 0.396 e. The molecule has 9 atom stereocenters. The Bertz CT molecular complexity index is 611. The van der Waals surface area contributed by atoms with Gasteiger partial charge in [-0.2, -0.15) is 0 Å². The standard InChI is InChI=1S/C23H36O2/c1-14(13-24)17-5-6-18-16-7-10-23-12-15(23)11-20(25-4)22(23,3)19(16)8-9-21(17,18)2/h5,14-16,18-20,24H,6-13H2,1-4H3/t14-,15+,16+,18+,19+,20?,21-,22+,23?/m1/s1. The highest BCUT2D eigenvalue weighted by molar-refractivity contribution is 5.30. The Morgan fingerprint density at radius 2 is 2.04 bits per heavy atom. The van der Waals surface area contributed by atoms with Crippen LogP contribution in [0.3, 0.4) is 0 Å². The molecule has 140 valence electrons. The molecule has 0 heterocycles. The molecular weight excluding hydrogens is 308 g/mol. The van der Waals surface area contributed by atoms with E-state index in [1.54, 1.807) is 5.57 Å². The van der Waals surface area contributed by atoms with Crippen LogP contribution in [0.1, 0.15) is 65.7 Å². The molecule has 0 radical (unpaired) electrons. The highest BCUT2D eigenvalue weighted by atomic mass is 16.5. The molecule has 5 aliphatic rings. The van der Waals surface area contributed by atoms with Crippen LogP contribution in [0.4, 0.5) is 0 Å². The van der Waals surface area contributed by atoms with E-state index < -0.39 is 0 Å². The minimum absolute atomic E-state index is 0.302. The summed E-state index contributed by atoms with van der Waals surface area (Å²) >= 11 is 0. The average Bonchev–Trinajstić information content (AvgIpc) is 3.09. The summed E-state index contributed by atoms with van der Waals surface area (Å²) in [4.78, 5) is 0. The van der Waals surface area contributed by atoms with Crippen LogP contribution in [0, 0.1) is 45.8 Å². The molecule has 0 bridgehead atoms. The van der Waals surface area contributed by atoms with Gasteiger partial charge in [0.15, 0.2) is 0 Å². The Morgan fingerprint density at radius 3 is 2.76 bits per heavy atom. The summed E-state index contributed by atoms with van der Waals surface area (Å²) in [7, 11) is 1.96. The van der Waals surface area contributed by atoms with Gasteiger partial charge < -0.3 is 9.84 Å². The maximum atomic E-state index is 9.75. The number of allylic oxidation sites excluding steroid dienone is 1. The Kier molecular flexibility index (Phi) is 3.45. The number of rotatable bonds is 3. The molecule has 4 saturated carbocycles. The number of ether oxygens (including phenoxy) is 1. The second kappa shape index (κ2) is 5.13. The Morgan fingerprint density at radius 1 is 1.24 bits per heavy atom. The predicted molar refractivity (Wildman–Crippen MR) is 100 cm³/mol. The molecule has 0 saturated heterocycles. The summed E-state index contributed by atoms with van der Waals surface area (Å²) in [5, 5.41) is 9.75. The summed E-state index contributed by atoms with van der Waals surface area (Å²) in [6.45, 7) is 7.66. The van der Waals surface area contributed by atoms with Crippen molar-refractivity contribution in [2.45, 2.75) is 71.8 Å². The van der Waals surface area contributed by atoms with Crippen LogP contribution in [0.15, 0.2) is 11.6 Å². The smallest absolute Gasteiger partial charge is 0.0635 e. The first-order valence-electron chi connectivity index (χ1n) is 10.8. The van der Waals surface area contributed by atoms with E-state index in [-0.39, 0.29) is 0 Å². The van der Waals surface area contributed by atoms with Crippen LogP contribution in [0.5, 0.6) is 0 Å². The third-order valence-electron chi connectivity index (χ3n) is 10.3. The van der Waals surface area contributed by atoms with Gasteiger partial charge in [0.25, 0.3) is 0 Å². The van der Waals surface area contributed by atoms with Crippen molar-refractivity contribution in [1.29, 1.82) is 0 Å². The minimum Gasteiger partial charge on any atom is -0.396 e. The van der Waals surface area contributed by atoms with Crippen LogP contribution >= 0.6 is 0 Å².